The lowest BCUT2D eigenvalue weighted by Gasteiger charge is -2.05. The standard InChI is InChI=1S/C18H17BrN2O4/c1-24-18(23)12-25-16-4-2-3-14(9-16)11-20-21-17(22)10-13-5-7-15(19)8-6-13/h2-9,11H,10,12H2,1H3,(H,21,22)/b20-11+. The number of rotatable bonds is 7. The molecule has 0 bridgehead atoms. The number of hydrogen-bond acceptors (Lipinski definition) is 5. The molecule has 0 spiro atoms. The van der Waals surface area contributed by atoms with Gasteiger partial charge in [0.2, 0.25) is 5.91 Å². The maximum atomic E-state index is 11.9. The smallest absolute Gasteiger partial charge is 0.343 e. The summed E-state index contributed by atoms with van der Waals surface area (Å²) in [6, 6.07) is 14.5. The average Bonchev–Trinajstić information content (AvgIpc) is 2.62. The topological polar surface area (TPSA) is 77.0 Å². The van der Waals surface area contributed by atoms with E-state index in [1.165, 1.54) is 13.3 Å². The number of amides is 1. The molecule has 0 fully saturated rings. The van der Waals surface area contributed by atoms with E-state index in [2.05, 4.69) is 31.2 Å². The molecule has 130 valence electrons. The van der Waals surface area contributed by atoms with Crippen LogP contribution >= 0.6 is 15.9 Å². The summed E-state index contributed by atoms with van der Waals surface area (Å²) in [5, 5.41) is 3.93. The zero-order chi connectivity index (χ0) is 18.1. The summed E-state index contributed by atoms with van der Waals surface area (Å²) in [7, 11) is 1.30. The van der Waals surface area contributed by atoms with Crippen molar-refractivity contribution in [2.45, 2.75) is 6.42 Å². The van der Waals surface area contributed by atoms with Crippen molar-refractivity contribution in [2.75, 3.05) is 13.7 Å². The van der Waals surface area contributed by atoms with Crippen LogP contribution in [0.1, 0.15) is 11.1 Å². The molecule has 25 heavy (non-hydrogen) atoms. The first-order valence-electron chi connectivity index (χ1n) is 7.43. The van der Waals surface area contributed by atoms with E-state index in [-0.39, 0.29) is 18.9 Å². The fraction of sp³-hybridized carbons (Fsp3) is 0.167. The minimum absolute atomic E-state index is 0.166. The van der Waals surface area contributed by atoms with Crippen LogP contribution < -0.4 is 10.2 Å². The molecule has 0 aliphatic carbocycles. The highest BCUT2D eigenvalue weighted by molar-refractivity contribution is 9.10. The predicted molar refractivity (Wildman–Crippen MR) is 97.5 cm³/mol. The van der Waals surface area contributed by atoms with Gasteiger partial charge < -0.3 is 9.47 Å². The Morgan fingerprint density at radius 3 is 2.68 bits per heavy atom. The largest absolute Gasteiger partial charge is 0.482 e. The number of hydrazone groups is 1. The number of methoxy groups -OCH3 is 1. The van der Waals surface area contributed by atoms with E-state index in [0.29, 0.717) is 5.75 Å². The van der Waals surface area contributed by atoms with E-state index in [4.69, 9.17) is 4.74 Å². The zero-order valence-corrected chi connectivity index (χ0v) is 15.2. The molecule has 1 amide bonds. The van der Waals surface area contributed by atoms with Crippen LogP contribution in [0.2, 0.25) is 0 Å². The first-order valence-corrected chi connectivity index (χ1v) is 8.22. The lowest BCUT2D eigenvalue weighted by Crippen LogP contribution is -2.19. The Labute approximate surface area is 154 Å². The number of ether oxygens (including phenoxy) is 2. The van der Waals surface area contributed by atoms with Gasteiger partial charge in [0, 0.05) is 4.47 Å². The summed E-state index contributed by atoms with van der Waals surface area (Å²) in [4.78, 5) is 22.9. The highest BCUT2D eigenvalue weighted by Gasteiger charge is 2.03. The average molecular weight is 405 g/mol. The zero-order valence-electron chi connectivity index (χ0n) is 13.6. The molecule has 0 heterocycles. The minimum Gasteiger partial charge on any atom is -0.482 e. The minimum atomic E-state index is -0.459. The molecule has 2 aromatic rings. The van der Waals surface area contributed by atoms with Crippen molar-refractivity contribution in [1.29, 1.82) is 0 Å². The molecular weight excluding hydrogens is 388 g/mol. The van der Waals surface area contributed by atoms with Crippen molar-refractivity contribution < 1.29 is 19.1 Å². The lowest BCUT2D eigenvalue weighted by molar-refractivity contribution is -0.142. The number of benzene rings is 2. The summed E-state index contributed by atoms with van der Waals surface area (Å²) >= 11 is 3.35. The van der Waals surface area contributed by atoms with Crippen molar-refractivity contribution in [2.24, 2.45) is 5.10 Å². The second-order valence-corrected chi connectivity index (χ2v) is 5.95. The number of hydrogen-bond donors (Lipinski definition) is 1. The van der Waals surface area contributed by atoms with Gasteiger partial charge in [-0.3, -0.25) is 4.79 Å². The molecule has 0 saturated carbocycles. The number of carbonyl (C=O) groups is 2. The summed E-state index contributed by atoms with van der Waals surface area (Å²) in [6.45, 7) is -0.166. The van der Waals surface area contributed by atoms with E-state index < -0.39 is 5.97 Å². The Morgan fingerprint density at radius 2 is 1.96 bits per heavy atom. The van der Waals surface area contributed by atoms with Gasteiger partial charge in [0.1, 0.15) is 5.75 Å². The molecule has 7 heteroatoms. The predicted octanol–water partition coefficient (Wildman–Crippen LogP) is 2.69. The second-order valence-electron chi connectivity index (χ2n) is 5.03. The Balaban J connectivity index is 1.85. The van der Waals surface area contributed by atoms with Crippen molar-refractivity contribution in [3.8, 4) is 5.75 Å². The summed E-state index contributed by atoms with van der Waals surface area (Å²) in [5.41, 5.74) is 4.10. The molecule has 0 aliphatic rings. The van der Waals surface area contributed by atoms with Crippen LogP contribution in [0.15, 0.2) is 58.1 Å². The molecule has 0 aromatic heterocycles. The third-order valence-corrected chi connectivity index (χ3v) is 3.65. The number of nitrogens with one attached hydrogen (secondary N) is 1. The van der Waals surface area contributed by atoms with Crippen molar-refractivity contribution in [1.82, 2.24) is 5.43 Å². The molecule has 2 aromatic carbocycles. The maximum absolute atomic E-state index is 11.9. The van der Waals surface area contributed by atoms with Crippen LogP contribution in [0.4, 0.5) is 0 Å². The highest BCUT2D eigenvalue weighted by Crippen LogP contribution is 2.12. The van der Waals surface area contributed by atoms with Gasteiger partial charge in [0.05, 0.1) is 19.7 Å². The Morgan fingerprint density at radius 1 is 1.20 bits per heavy atom. The van der Waals surface area contributed by atoms with Crippen LogP contribution in [-0.4, -0.2) is 31.8 Å². The summed E-state index contributed by atoms with van der Waals surface area (Å²) in [5.74, 6) is -0.161. The van der Waals surface area contributed by atoms with E-state index in [1.54, 1.807) is 24.3 Å². The molecule has 0 unspecified atom stereocenters. The van der Waals surface area contributed by atoms with Crippen molar-refractivity contribution >= 4 is 34.0 Å². The van der Waals surface area contributed by atoms with E-state index in [0.717, 1.165) is 15.6 Å². The molecule has 0 saturated heterocycles. The van der Waals surface area contributed by atoms with Crippen LogP contribution in [0.25, 0.3) is 0 Å². The van der Waals surface area contributed by atoms with Gasteiger partial charge in [-0.1, -0.05) is 40.2 Å². The second kappa shape index (κ2) is 9.58. The third-order valence-electron chi connectivity index (χ3n) is 3.12. The summed E-state index contributed by atoms with van der Waals surface area (Å²) in [6.07, 6.45) is 1.75. The molecule has 1 N–H and O–H groups in total. The van der Waals surface area contributed by atoms with Crippen LogP contribution in [-0.2, 0) is 20.7 Å². The fourth-order valence-corrected chi connectivity index (χ4v) is 2.16. The van der Waals surface area contributed by atoms with Gasteiger partial charge in [-0.2, -0.15) is 5.10 Å². The SMILES string of the molecule is COC(=O)COc1cccc(/C=N/NC(=O)Cc2ccc(Br)cc2)c1. The summed E-state index contributed by atoms with van der Waals surface area (Å²) < 4.78 is 10.8. The number of nitrogens with zero attached hydrogens (tertiary/aromatic N) is 1. The normalized spacial score (nSPS) is 10.5. The van der Waals surface area contributed by atoms with Crippen molar-refractivity contribution in [3.05, 3.63) is 64.1 Å². The van der Waals surface area contributed by atoms with E-state index >= 15 is 0 Å². The molecule has 0 radical (unpaired) electrons. The van der Waals surface area contributed by atoms with E-state index in [9.17, 15) is 9.59 Å². The van der Waals surface area contributed by atoms with Crippen molar-refractivity contribution in [3.63, 3.8) is 0 Å². The Bertz CT molecular complexity index is 760. The van der Waals surface area contributed by atoms with Gasteiger partial charge in [0.15, 0.2) is 6.61 Å². The van der Waals surface area contributed by atoms with Gasteiger partial charge >= 0.3 is 5.97 Å². The molecule has 2 rings (SSSR count). The molecule has 6 nitrogen and oxygen atoms in total. The first kappa shape index (κ1) is 18.7. The first-order chi connectivity index (χ1) is 12.1. The monoisotopic (exact) mass is 404 g/mol. The van der Waals surface area contributed by atoms with Crippen LogP contribution in [0, 0.1) is 0 Å². The molecule has 0 atom stereocenters. The van der Waals surface area contributed by atoms with Gasteiger partial charge in [-0.15, -0.1) is 0 Å². The number of esters is 1. The van der Waals surface area contributed by atoms with Gasteiger partial charge in [0.25, 0.3) is 0 Å². The maximum Gasteiger partial charge on any atom is 0.343 e. The Kier molecular flexibility index (Phi) is 7.16. The fourth-order valence-electron chi connectivity index (χ4n) is 1.89. The van der Waals surface area contributed by atoms with Gasteiger partial charge in [-0.25, -0.2) is 10.2 Å². The molecular formula is C18H17BrN2O4. The van der Waals surface area contributed by atoms with Crippen LogP contribution in [0.5, 0.6) is 5.75 Å². The van der Waals surface area contributed by atoms with Crippen LogP contribution in [0.3, 0.4) is 0 Å². The molecule has 0 aliphatic heterocycles. The Hall–Kier alpha value is -2.67. The quantitative estimate of drug-likeness (QED) is 0.437. The van der Waals surface area contributed by atoms with E-state index in [1.807, 2.05) is 24.3 Å². The van der Waals surface area contributed by atoms with Gasteiger partial charge in [-0.05, 0) is 35.4 Å². The highest BCUT2D eigenvalue weighted by atomic mass is 79.9. The third kappa shape index (κ3) is 6.76. The number of halogens is 1. The number of carbonyl (C=O) groups excluding carboxylic acids is 2. The lowest BCUT2D eigenvalue weighted by atomic mass is 10.1.